The maximum absolute atomic E-state index is 5.51. The van der Waals surface area contributed by atoms with E-state index in [4.69, 9.17) is 5.73 Å². The molecule has 72 valence electrons. The first-order chi connectivity index (χ1) is 5.42. The molecule has 3 N–H and O–H groups in total. The van der Waals surface area contributed by atoms with Gasteiger partial charge in [-0.25, -0.2) is 4.98 Å². The van der Waals surface area contributed by atoms with Crippen molar-refractivity contribution in [3.8, 4) is 0 Å². The molecule has 0 atom stereocenters. The van der Waals surface area contributed by atoms with Crippen LogP contribution in [0.25, 0.3) is 11.0 Å². The Bertz CT molecular complexity index is 372. The zero-order valence-electron chi connectivity index (χ0n) is 6.86. The monoisotopic (exact) mass is 219 g/mol. The van der Waals surface area contributed by atoms with E-state index in [2.05, 4.69) is 9.97 Å². The minimum atomic E-state index is 0. The minimum Gasteiger partial charge on any atom is -0.346 e. The van der Waals surface area contributed by atoms with Gasteiger partial charge in [0.05, 0.1) is 0 Å². The van der Waals surface area contributed by atoms with Crippen molar-refractivity contribution in [1.29, 1.82) is 0 Å². The third-order valence-corrected chi connectivity index (χ3v) is 1.76. The van der Waals surface area contributed by atoms with Crippen LogP contribution in [0.5, 0.6) is 0 Å². The van der Waals surface area contributed by atoms with Gasteiger partial charge in [-0.3, -0.25) is 0 Å². The number of H-pyrrole nitrogens is 1. The van der Waals surface area contributed by atoms with Crippen LogP contribution >= 0.6 is 24.8 Å². The maximum Gasteiger partial charge on any atom is 0.137 e. The van der Waals surface area contributed by atoms with E-state index in [0.29, 0.717) is 6.54 Å². The first-order valence-electron chi connectivity index (χ1n) is 3.53. The Morgan fingerprint density at radius 1 is 1.38 bits per heavy atom. The van der Waals surface area contributed by atoms with Gasteiger partial charge in [-0.05, 0) is 17.7 Å². The van der Waals surface area contributed by atoms with Crippen LogP contribution in [0.3, 0.4) is 0 Å². The lowest BCUT2D eigenvalue weighted by Gasteiger charge is -1.90. The second-order valence-corrected chi connectivity index (χ2v) is 2.42. The number of aromatic nitrogens is 2. The van der Waals surface area contributed by atoms with Crippen LogP contribution in [-0.2, 0) is 6.54 Å². The summed E-state index contributed by atoms with van der Waals surface area (Å²) in [7, 11) is 0. The van der Waals surface area contributed by atoms with Crippen LogP contribution in [0.4, 0.5) is 0 Å². The van der Waals surface area contributed by atoms with Crippen molar-refractivity contribution in [3.63, 3.8) is 0 Å². The van der Waals surface area contributed by atoms with Crippen molar-refractivity contribution >= 4 is 35.8 Å². The maximum atomic E-state index is 5.51. The molecule has 0 unspecified atom stereocenters. The average molecular weight is 220 g/mol. The molecule has 0 radical (unpaired) electrons. The van der Waals surface area contributed by atoms with Crippen LogP contribution in [0.1, 0.15) is 5.56 Å². The fourth-order valence-electron chi connectivity index (χ4n) is 1.18. The molecule has 3 nitrogen and oxygen atoms in total. The molecule has 2 aromatic rings. The van der Waals surface area contributed by atoms with E-state index in [1.54, 1.807) is 6.20 Å². The fraction of sp³-hybridized carbons (Fsp3) is 0.125. The molecule has 0 saturated heterocycles. The summed E-state index contributed by atoms with van der Waals surface area (Å²) < 4.78 is 0. The number of rotatable bonds is 1. The molecule has 0 amide bonds. The largest absolute Gasteiger partial charge is 0.346 e. The lowest BCUT2D eigenvalue weighted by molar-refractivity contribution is 1.08. The van der Waals surface area contributed by atoms with Gasteiger partial charge >= 0.3 is 0 Å². The number of fused-ring (bicyclic) bond motifs is 1. The number of hydrogen-bond acceptors (Lipinski definition) is 2. The molecule has 2 rings (SSSR count). The summed E-state index contributed by atoms with van der Waals surface area (Å²) in [6, 6.07) is 3.93. The smallest absolute Gasteiger partial charge is 0.137 e. The van der Waals surface area contributed by atoms with Crippen molar-refractivity contribution in [2.45, 2.75) is 6.54 Å². The van der Waals surface area contributed by atoms with Gasteiger partial charge in [-0.2, -0.15) is 0 Å². The Balaban J connectivity index is 0.000000720. The van der Waals surface area contributed by atoms with Crippen LogP contribution < -0.4 is 5.73 Å². The Hall–Kier alpha value is -0.770. The summed E-state index contributed by atoms with van der Waals surface area (Å²) in [5.41, 5.74) is 7.54. The van der Waals surface area contributed by atoms with Crippen LogP contribution in [0, 0.1) is 0 Å². The highest BCUT2D eigenvalue weighted by atomic mass is 35.5. The normalized spacial score (nSPS) is 9.00. The van der Waals surface area contributed by atoms with Crippen LogP contribution in [0.2, 0.25) is 0 Å². The van der Waals surface area contributed by atoms with Gasteiger partial charge in [-0.1, -0.05) is 0 Å². The van der Waals surface area contributed by atoms with E-state index in [9.17, 15) is 0 Å². The minimum absolute atomic E-state index is 0. The quantitative estimate of drug-likeness (QED) is 0.770. The topological polar surface area (TPSA) is 54.7 Å². The number of hydrogen-bond donors (Lipinski definition) is 2. The molecule has 0 aromatic carbocycles. The van der Waals surface area contributed by atoms with E-state index < -0.39 is 0 Å². The summed E-state index contributed by atoms with van der Waals surface area (Å²) >= 11 is 0. The first-order valence-corrected chi connectivity index (χ1v) is 3.53. The molecule has 0 spiro atoms. The third kappa shape index (κ3) is 2.12. The summed E-state index contributed by atoms with van der Waals surface area (Å²) in [4.78, 5) is 7.19. The van der Waals surface area contributed by atoms with E-state index in [1.165, 1.54) is 0 Å². The van der Waals surface area contributed by atoms with Gasteiger partial charge in [-0.15, -0.1) is 24.8 Å². The number of nitrogens with two attached hydrogens (primary N) is 1. The van der Waals surface area contributed by atoms with Crippen molar-refractivity contribution in [1.82, 2.24) is 9.97 Å². The number of aromatic amines is 1. The van der Waals surface area contributed by atoms with Crippen molar-refractivity contribution < 1.29 is 0 Å². The number of nitrogens with one attached hydrogen (secondary N) is 1. The number of nitrogens with zero attached hydrogens (tertiary/aromatic N) is 1. The lowest BCUT2D eigenvalue weighted by atomic mass is 10.2. The van der Waals surface area contributed by atoms with Gasteiger partial charge in [0.2, 0.25) is 0 Å². The molecule has 13 heavy (non-hydrogen) atoms. The predicted molar refractivity (Wildman–Crippen MR) is 58.5 cm³/mol. The zero-order chi connectivity index (χ0) is 7.68. The predicted octanol–water partition coefficient (Wildman–Crippen LogP) is 1.87. The highest BCUT2D eigenvalue weighted by Gasteiger charge is 1.99. The van der Waals surface area contributed by atoms with Crippen LogP contribution in [0.15, 0.2) is 24.5 Å². The average Bonchev–Trinajstić information content (AvgIpc) is 2.47. The second-order valence-electron chi connectivity index (χ2n) is 2.42. The highest BCUT2D eigenvalue weighted by Crippen LogP contribution is 2.13. The van der Waals surface area contributed by atoms with E-state index in [0.717, 1.165) is 16.6 Å². The van der Waals surface area contributed by atoms with Gasteiger partial charge in [0.15, 0.2) is 0 Å². The SMILES string of the molecule is Cl.Cl.NCc1c[nH]c2ncccc12. The fourth-order valence-corrected chi connectivity index (χ4v) is 1.18. The summed E-state index contributed by atoms with van der Waals surface area (Å²) in [6.07, 6.45) is 3.66. The van der Waals surface area contributed by atoms with Crippen molar-refractivity contribution in [3.05, 3.63) is 30.1 Å². The molecule has 0 aliphatic rings. The van der Waals surface area contributed by atoms with E-state index in [-0.39, 0.29) is 24.8 Å². The summed E-state index contributed by atoms with van der Waals surface area (Å²) in [5, 5.41) is 1.12. The van der Waals surface area contributed by atoms with Crippen molar-refractivity contribution in [2.75, 3.05) is 0 Å². The third-order valence-electron chi connectivity index (χ3n) is 1.76. The van der Waals surface area contributed by atoms with Gasteiger partial charge in [0, 0.05) is 24.3 Å². The molecule has 0 saturated carbocycles. The van der Waals surface area contributed by atoms with Gasteiger partial charge in [0.1, 0.15) is 5.65 Å². The molecule has 2 heterocycles. The molecule has 0 aliphatic heterocycles. The number of halogens is 2. The molecule has 0 fully saturated rings. The summed E-state index contributed by atoms with van der Waals surface area (Å²) in [5.74, 6) is 0. The Labute approximate surface area is 88.6 Å². The zero-order valence-corrected chi connectivity index (χ0v) is 8.49. The standard InChI is InChI=1S/C8H9N3.2ClH/c9-4-6-5-11-8-7(6)2-1-3-10-8;;/h1-3,5H,4,9H2,(H,10,11);2*1H. The Morgan fingerprint density at radius 2 is 2.15 bits per heavy atom. The molecular weight excluding hydrogens is 209 g/mol. The first kappa shape index (κ1) is 12.2. The Morgan fingerprint density at radius 3 is 2.85 bits per heavy atom. The molecule has 0 bridgehead atoms. The van der Waals surface area contributed by atoms with E-state index >= 15 is 0 Å². The molecular formula is C8H11Cl2N3. The van der Waals surface area contributed by atoms with Gasteiger partial charge in [0.25, 0.3) is 0 Å². The van der Waals surface area contributed by atoms with E-state index in [1.807, 2.05) is 18.3 Å². The molecule has 2 aromatic heterocycles. The molecule has 0 aliphatic carbocycles. The lowest BCUT2D eigenvalue weighted by Crippen LogP contribution is -1.93. The van der Waals surface area contributed by atoms with Crippen LogP contribution in [-0.4, -0.2) is 9.97 Å². The summed E-state index contributed by atoms with van der Waals surface area (Å²) in [6.45, 7) is 0.561. The molecule has 5 heteroatoms. The number of pyridine rings is 1. The highest BCUT2D eigenvalue weighted by molar-refractivity contribution is 5.85. The van der Waals surface area contributed by atoms with Gasteiger partial charge < -0.3 is 10.7 Å². The van der Waals surface area contributed by atoms with Crippen molar-refractivity contribution in [2.24, 2.45) is 5.73 Å². The second kappa shape index (κ2) is 5.07. The Kier molecular flexibility index (Phi) is 4.77.